The Balaban J connectivity index is 0.00000147. The average Bonchev–Trinajstić information content (AvgIpc) is 2.88. The molecule has 1 saturated heterocycles. The van der Waals surface area contributed by atoms with Gasteiger partial charge in [0.05, 0.1) is 0 Å². The third kappa shape index (κ3) is 2.69. The first-order chi connectivity index (χ1) is 9.15. The van der Waals surface area contributed by atoms with Gasteiger partial charge < -0.3 is 19.7 Å². The average molecular weight is 299 g/mol. The molecule has 0 spiro atoms. The van der Waals surface area contributed by atoms with E-state index in [1.807, 2.05) is 4.90 Å². The molecule has 2 unspecified atom stereocenters. The van der Waals surface area contributed by atoms with Crippen LogP contribution in [-0.2, 0) is 0 Å². The lowest BCUT2D eigenvalue weighted by Crippen LogP contribution is -2.56. The highest BCUT2D eigenvalue weighted by Crippen LogP contribution is 2.33. The third-order valence-electron chi connectivity index (χ3n) is 3.64. The molecule has 6 heteroatoms. The van der Waals surface area contributed by atoms with Gasteiger partial charge in [0.25, 0.3) is 5.91 Å². The maximum absolute atomic E-state index is 12.6. The van der Waals surface area contributed by atoms with E-state index >= 15 is 0 Å². The van der Waals surface area contributed by atoms with Crippen LogP contribution in [0, 0.1) is 0 Å². The fraction of sp³-hybridized carbons (Fsp3) is 0.500. The zero-order valence-corrected chi connectivity index (χ0v) is 12.4. The topological polar surface area (TPSA) is 50.8 Å². The maximum Gasteiger partial charge on any atom is 0.254 e. The number of ether oxygens (including phenoxy) is 2. The van der Waals surface area contributed by atoms with Crippen LogP contribution in [0.2, 0.25) is 0 Å². The monoisotopic (exact) mass is 298 g/mol. The molecule has 110 valence electrons. The van der Waals surface area contributed by atoms with Crippen molar-refractivity contribution in [3.63, 3.8) is 0 Å². The molecular formula is C14H19ClN2O3. The van der Waals surface area contributed by atoms with Crippen molar-refractivity contribution < 1.29 is 14.3 Å². The summed E-state index contributed by atoms with van der Waals surface area (Å²) in [6.45, 7) is 5.94. The summed E-state index contributed by atoms with van der Waals surface area (Å²) in [5, 5.41) is 3.37. The molecule has 0 aliphatic carbocycles. The number of carbonyl (C=O) groups is 1. The number of benzene rings is 1. The quantitative estimate of drug-likeness (QED) is 0.857. The minimum atomic E-state index is 0. The molecular weight excluding hydrogens is 280 g/mol. The predicted octanol–water partition coefficient (Wildman–Crippen LogP) is 1.66. The number of hydrogen-bond acceptors (Lipinski definition) is 4. The van der Waals surface area contributed by atoms with Crippen molar-refractivity contribution in [1.82, 2.24) is 10.2 Å². The summed E-state index contributed by atoms with van der Waals surface area (Å²) < 4.78 is 10.6. The number of carbonyl (C=O) groups excluding carboxylic acids is 1. The van der Waals surface area contributed by atoms with E-state index in [0.717, 1.165) is 13.1 Å². The van der Waals surface area contributed by atoms with Gasteiger partial charge in [-0.2, -0.15) is 0 Å². The molecule has 2 aliphatic rings. The summed E-state index contributed by atoms with van der Waals surface area (Å²) in [5.74, 6) is 1.42. The zero-order chi connectivity index (χ0) is 13.4. The van der Waals surface area contributed by atoms with Crippen LogP contribution < -0.4 is 14.8 Å². The number of hydrogen-bond donors (Lipinski definition) is 1. The maximum atomic E-state index is 12.6. The van der Waals surface area contributed by atoms with Gasteiger partial charge >= 0.3 is 0 Å². The normalized spacial score (nSPS) is 24.2. The molecule has 1 amide bonds. The van der Waals surface area contributed by atoms with Gasteiger partial charge in [0.15, 0.2) is 11.5 Å². The predicted molar refractivity (Wildman–Crippen MR) is 77.8 cm³/mol. The fourth-order valence-corrected chi connectivity index (χ4v) is 2.50. The first-order valence-electron chi connectivity index (χ1n) is 6.59. The van der Waals surface area contributed by atoms with Gasteiger partial charge in [-0.3, -0.25) is 4.79 Å². The number of fused-ring (bicyclic) bond motifs is 1. The molecule has 3 rings (SSSR count). The van der Waals surface area contributed by atoms with Crippen molar-refractivity contribution in [2.45, 2.75) is 25.9 Å². The van der Waals surface area contributed by atoms with Gasteiger partial charge in [-0.05, 0) is 32.0 Å². The highest BCUT2D eigenvalue weighted by atomic mass is 35.5. The number of amides is 1. The number of nitrogens with zero attached hydrogens (tertiary/aromatic N) is 1. The summed E-state index contributed by atoms with van der Waals surface area (Å²) in [7, 11) is 0. The molecule has 2 heterocycles. The minimum absolute atomic E-state index is 0. The van der Waals surface area contributed by atoms with Crippen LogP contribution in [0.25, 0.3) is 0 Å². The van der Waals surface area contributed by atoms with E-state index in [1.165, 1.54) is 0 Å². The van der Waals surface area contributed by atoms with Crippen LogP contribution in [0.3, 0.4) is 0 Å². The summed E-state index contributed by atoms with van der Waals surface area (Å²) in [6, 6.07) is 5.90. The van der Waals surface area contributed by atoms with E-state index in [4.69, 9.17) is 9.47 Å². The summed E-state index contributed by atoms with van der Waals surface area (Å²) in [5.41, 5.74) is 0.658. The Hall–Kier alpha value is -1.46. The highest BCUT2D eigenvalue weighted by Gasteiger charge is 2.28. The smallest absolute Gasteiger partial charge is 0.254 e. The van der Waals surface area contributed by atoms with Crippen molar-refractivity contribution >= 4 is 18.3 Å². The molecule has 20 heavy (non-hydrogen) atoms. The lowest BCUT2D eigenvalue weighted by Gasteiger charge is -2.37. The lowest BCUT2D eigenvalue weighted by atomic mass is 10.1. The second kappa shape index (κ2) is 5.89. The van der Waals surface area contributed by atoms with Crippen molar-refractivity contribution in [2.75, 3.05) is 19.9 Å². The number of rotatable bonds is 1. The Morgan fingerprint density at radius 3 is 2.85 bits per heavy atom. The molecule has 0 saturated carbocycles. The van der Waals surface area contributed by atoms with Crippen LogP contribution in [-0.4, -0.2) is 42.8 Å². The van der Waals surface area contributed by atoms with E-state index in [1.54, 1.807) is 18.2 Å². The van der Waals surface area contributed by atoms with Crippen molar-refractivity contribution in [1.29, 1.82) is 0 Å². The molecule has 1 aromatic carbocycles. The molecule has 0 aromatic heterocycles. The molecule has 5 nitrogen and oxygen atoms in total. The number of nitrogens with one attached hydrogen (secondary N) is 1. The van der Waals surface area contributed by atoms with Crippen LogP contribution in [0.15, 0.2) is 18.2 Å². The van der Waals surface area contributed by atoms with Gasteiger partial charge in [0, 0.05) is 30.7 Å². The van der Waals surface area contributed by atoms with Crippen molar-refractivity contribution in [2.24, 2.45) is 0 Å². The van der Waals surface area contributed by atoms with Gasteiger partial charge in [-0.1, -0.05) is 0 Å². The molecule has 0 radical (unpaired) electrons. The summed E-state index contributed by atoms with van der Waals surface area (Å²) in [6.07, 6.45) is 0. The van der Waals surface area contributed by atoms with Crippen LogP contribution in [0.1, 0.15) is 24.2 Å². The highest BCUT2D eigenvalue weighted by molar-refractivity contribution is 5.95. The second-order valence-electron chi connectivity index (χ2n) is 5.18. The van der Waals surface area contributed by atoms with E-state index < -0.39 is 0 Å². The molecule has 2 aliphatic heterocycles. The van der Waals surface area contributed by atoms with Gasteiger partial charge in [-0.15, -0.1) is 12.4 Å². The number of piperazine rings is 1. The molecule has 1 aromatic rings. The fourth-order valence-electron chi connectivity index (χ4n) is 2.50. The van der Waals surface area contributed by atoms with Gasteiger partial charge in [0.1, 0.15) is 0 Å². The van der Waals surface area contributed by atoms with Crippen molar-refractivity contribution in [3.05, 3.63) is 23.8 Å². The van der Waals surface area contributed by atoms with Crippen LogP contribution in [0.4, 0.5) is 0 Å². The molecule has 0 bridgehead atoms. The third-order valence-corrected chi connectivity index (χ3v) is 3.64. The Morgan fingerprint density at radius 1 is 1.30 bits per heavy atom. The van der Waals surface area contributed by atoms with Gasteiger partial charge in [0.2, 0.25) is 6.79 Å². The van der Waals surface area contributed by atoms with E-state index in [2.05, 4.69) is 19.2 Å². The summed E-state index contributed by atoms with van der Waals surface area (Å²) in [4.78, 5) is 14.5. The minimum Gasteiger partial charge on any atom is -0.454 e. The van der Waals surface area contributed by atoms with E-state index in [0.29, 0.717) is 23.1 Å². The Bertz CT molecular complexity index is 509. The van der Waals surface area contributed by atoms with E-state index in [9.17, 15) is 4.79 Å². The lowest BCUT2D eigenvalue weighted by molar-refractivity contribution is 0.0616. The Kier molecular flexibility index (Phi) is 4.40. The first-order valence-corrected chi connectivity index (χ1v) is 6.59. The zero-order valence-electron chi connectivity index (χ0n) is 11.6. The standard InChI is InChI=1S/C14H18N2O3.ClH/c1-9-7-16(10(2)6-15-9)14(17)11-3-4-12-13(5-11)19-8-18-12;/h3-5,9-10,15H,6-8H2,1-2H3;1H. The van der Waals surface area contributed by atoms with Crippen LogP contribution in [0.5, 0.6) is 11.5 Å². The molecule has 1 fully saturated rings. The van der Waals surface area contributed by atoms with Crippen molar-refractivity contribution in [3.8, 4) is 11.5 Å². The first kappa shape index (κ1) is 14.9. The summed E-state index contributed by atoms with van der Waals surface area (Å²) >= 11 is 0. The SMILES string of the molecule is CC1CN(C(=O)c2ccc3c(c2)OCO3)C(C)CN1.Cl. The Labute approximate surface area is 124 Å². The number of halogens is 1. The second-order valence-corrected chi connectivity index (χ2v) is 5.18. The molecule has 1 N–H and O–H groups in total. The van der Waals surface area contributed by atoms with E-state index in [-0.39, 0.29) is 31.1 Å². The Morgan fingerprint density at radius 2 is 2.05 bits per heavy atom. The van der Waals surface area contributed by atoms with Crippen LogP contribution >= 0.6 is 12.4 Å². The van der Waals surface area contributed by atoms with Gasteiger partial charge in [-0.25, -0.2) is 0 Å². The largest absolute Gasteiger partial charge is 0.454 e. The molecule has 2 atom stereocenters.